The Morgan fingerprint density at radius 1 is 1.33 bits per heavy atom. The summed E-state index contributed by atoms with van der Waals surface area (Å²) in [7, 11) is 0. The molecule has 12 heavy (non-hydrogen) atoms. The molecule has 0 aromatic carbocycles. The van der Waals surface area contributed by atoms with Crippen LogP contribution in [0.2, 0.25) is 0 Å². The Balaban J connectivity index is 2.90. The summed E-state index contributed by atoms with van der Waals surface area (Å²) in [5.74, 6) is 0.285. The van der Waals surface area contributed by atoms with Gasteiger partial charge in [-0.25, -0.2) is 0 Å². The third kappa shape index (κ3) is 1.60. The molecule has 0 aliphatic heterocycles. The van der Waals surface area contributed by atoms with Gasteiger partial charge < -0.3 is 0 Å². The van der Waals surface area contributed by atoms with Crippen LogP contribution in [-0.4, -0.2) is 5.78 Å². The summed E-state index contributed by atoms with van der Waals surface area (Å²) in [6.45, 7) is 10.5. The van der Waals surface area contributed by atoms with Crippen molar-refractivity contribution in [1.29, 1.82) is 0 Å². The normalized spacial score (nSPS) is 22.8. The fourth-order valence-electron chi connectivity index (χ4n) is 1.45. The monoisotopic (exact) mass is 166 g/mol. The highest BCUT2D eigenvalue weighted by atomic mass is 16.1. The van der Waals surface area contributed by atoms with Crippen molar-refractivity contribution in [2.24, 2.45) is 10.8 Å². The average molecular weight is 166 g/mol. The maximum absolute atomic E-state index is 11.5. The van der Waals surface area contributed by atoms with E-state index in [0.717, 1.165) is 6.42 Å². The van der Waals surface area contributed by atoms with Crippen LogP contribution in [0.5, 0.6) is 0 Å². The molecule has 1 heteroatoms. The Kier molecular flexibility index (Phi) is 1.94. The van der Waals surface area contributed by atoms with Crippen molar-refractivity contribution >= 4 is 5.78 Å². The van der Waals surface area contributed by atoms with Gasteiger partial charge in [0.25, 0.3) is 0 Å². The highest BCUT2D eigenvalue weighted by Crippen LogP contribution is 2.41. The van der Waals surface area contributed by atoms with Gasteiger partial charge in [0.1, 0.15) is 0 Å². The Morgan fingerprint density at radius 2 is 1.83 bits per heavy atom. The first-order valence-electron chi connectivity index (χ1n) is 4.49. The minimum atomic E-state index is -0.150. The molecule has 0 heterocycles. The highest BCUT2D eigenvalue weighted by molar-refractivity contribution is 5.97. The summed E-state index contributed by atoms with van der Waals surface area (Å²) in [6, 6.07) is 0. The molecule has 0 unspecified atom stereocenters. The van der Waals surface area contributed by atoms with Gasteiger partial charge in [-0.3, -0.25) is 4.79 Å². The van der Waals surface area contributed by atoms with Crippen LogP contribution in [0, 0.1) is 10.8 Å². The first-order valence-corrected chi connectivity index (χ1v) is 4.49. The predicted octanol–water partition coefficient (Wildman–Crippen LogP) is 2.96. The topological polar surface area (TPSA) is 17.1 Å². The van der Waals surface area contributed by atoms with Crippen molar-refractivity contribution in [2.75, 3.05) is 0 Å². The summed E-state index contributed by atoms with van der Waals surface area (Å²) in [4.78, 5) is 11.5. The second kappa shape index (κ2) is 2.45. The molecule has 1 rings (SSSR count). The van der Waals surface area contributed by atoms with Crippen molar-refractivity contribution in [3.63, 3.8) is 0 Å². The van der Waals surface area contributed by atoms with E-state index in [2.05, 4.69) is 20.8 Å². The molecule has 0 fully saturated rings. The zero-order valence-corrected chi connectivity index (χ0v) is 8.69. The molecule has 0 saturated carbocycles. The van der Waals surface area contributed by atoms with E-state index in [-0.39, 0.29) is 16.6 Å². The van der Waals surface area contributed by atoms with E-state index in [1.807, 2.05) is 19.9 Å². The van der Waals surface area contributed by atoms with Crippen LogP contribution >= 0.6 is 0 Å². The summed E-state index contributed by atoms with van der Waals surface area (Å²) in [5, 5.41) is 0. The number of hydrogen-bond donors (Lipinski definition) is 0. The fraction of sp³-hybridized carbons (Fsp3) is 0.727. The minimum absolute atomic E-state index is 0.150. The molecule has 0 N–H and O–H groups in total. The van der Waals surface area contributed by atoms with E-state index in [9.17, 15) is 4.79 Å². The van der Waals surface area contributed by atoms with Gasteiger partial charge in [-0.15, -0.1) is 0 Å². The largest absolute Gasteiger partial charge is 0.294 e. The SMILES string of the molecule is CC(C)(C)C1=CC(=O)C(C)(C)C1. The lowest BCUT2D eigenvalue weighted by atomic mass is 9.81. The van der Waals surface area contributed by atoms with Gasteiger partial charge in [-0.2, -0.15) is 0 Å². The van der Waals surface area contributed by atoms with Crippen LogP contribution in [0.15, 0.2) is 11.6 Å². The van der Waals surface area contributed by atoms with Crippen LogP contribution in [0.4, 0.5) is 0 Å². The van der Waals surface area contributed by atoms with Crippen molar-refractivity contribution in [3.8, 4) is 0 Å². The fourth-order valence-corrected chi connectivity index (χ4v) is 1.45. The lowest BCUT2D eigenvalue weighted by Crippen LogP contribution is -2.18. The molecule has 0 amide bonds. The van der Waals surface area contributed by atoms with Crippen LogP contribution < -0.4 is 0 Å². The number of hydrogen-bond acceptors (Lipinski definition) is 1. The maximum atomic E-state index is 11.5. The molecule has 0 spiro atoms. The molecule has 0 radical (unpaired) electrons. The number of rotatable bonds is 0. The van der Waals surface area contributed by atoms with E-state index in [0.29, 0.717) is 0 Å². The van der Waals surface area contributed by atoms with Crippen molar-refractivity contribution in [3.05, 3.63) is 11.6 Å². The second-order valence-electron chi connectivity index (χ2n) is 5.34. The molecule has 1 nitrogen and oxygen atoms in total. The lowest BCUT2D eigenvalue weighted by molar-refractivity contribution is -0.121. The molecule has 68 valence electrons. The van der Waals surface area contributed by atoms with Crippen molar-refractivity contribution in [1.82, 2.24) is 0 Å². The van der Waals surface area contributed by atoms with E-state index >= 15 is 0 Å². The van der Waals surface area contributed by atoms with Gasteiger partial charge in [0.05, 0.1) is 0 Å². The molecule has 0 bridgehead atoms. The first-order chi connectivity index (χ1) is 5.23. The number of ketones is 1. The number of carbonyl (C=O) groups is 1. The smallest absolute Gasteiger partial charge is 0.161 e. The number of allylic oxidation sites excluding steroid dienone is 2. The van der Waals surface area contributed by atoms with E-state index < -0.39 is 0 Å². The Hall–Kier alpha value is -0.590. The second-order valence-corrected chi connectivity index (χ2v) is 5.34. The zero-order valence-electron chi connectivity index (χ0n) is 8.69. The van der Waals surface area contributed by atoms with Crippen LogP contribution in [0.1, 0.15) is 41.0 Å². The van der Waals surface area contributed by atoms with Gasteiger partial charge in [-0.1, -0.05) is 40.2 Å². The molecule has 0 aromatic heterocycles. The maximum Gasteiger partial charge on any atom is 0.161 e. The van der Waals surface area contributed by atoms with Gasteiger partial charge in [-0.05, 0) is 17.9 Å². The van der Waals surface area contributed by atoms with Crippen LogP contribution in [0.3, 0.4) is 0 Å². The van der Waals surface area contributed by atoms with Crippen LogP contribution in [0.25, 0.3) is 0 Å². The highest BCUT2D eigenvalue weighted by Gasteiger charge is 2.36. The molecule has 0 atom stereocenters. The average Bonchev–Trinajstić information content (AvgIpc) is 2.06. The first kappa shape index (κ1) is 9.50. The third-order valence-electron chi connectivity index (χ3n) is 2.57. The van der Waals surface area contributed by atoms with E-state index in [4.69, 9.17) is 0 Å². The summed E-state index contributed by atoms with van der Waals surface area (Å²) in [6.07, 6.45) is 2.76. The lowest BCUT2D eigenvalue weighted by Gasteiger charge is -2.23. The summed E-state index contributed by atoms with van der Waals surface area (Å²) < 4.78 is 0. The summed E-state index contributed by atoms with van der Waals surface area (Å²) >= 11 is 0. The van der Waals surface area contributed by atoms with Gasteiger partial charge in [0.15, 0.2) is 5.78 Å². The number of carbonyl (C=O) groups excluding carboxylic acids is 1. The molecule has 1 aliphatic carbocycles. The molecule has 1 aliphatic rings. The van der Waals surface area contributed by atoms with Gasteiger partial charge in [0.2, 0.25) is 0 Å². The minimum Gasteiger partial charge on any atom is -0.294 e. The standard InChI is InChI=1S/C11H18O/c1-10(2,3)8-6-9(12)11(4,5)7-8/h6H,7H2,1-5H3. The van der Waals surface area contributed by atoms with E-state index in [1.54, 1.807) is 0 Å². The Labute approximate surface area is 74.9 Å². The van der Waals surface area contributed by atoms with Crippen molar-refractivity contribution in [2.45, 2.75) is 41.0 Å². The quantitative estimate of drug-likeness (QED) is 0.540. The third-order valence-corrected chi connectivity index (χ3v) is 2.57. The van der Waals surface area contributed by atoms with Gasteiger partial charge >= 0.3 is 0 Å². The predicted molar refractivity (Wildman–Crippen MR) is 50.9 cm³/mol. The molecular formula is C11H18O. The van der Waals surface area contributed by atoms with Gasteiger partial charge in [0, 0.05) is 5.41 Å². The summed E-state index contributed by atoms with van der Waals surface area (Å²) in [5.41, 5.74) is 1.30. The Bertz CT molecular complexity index is 238. The molecule has 0 saturated heterocycles. The molecular weight excluding hydrogens is 148 g/mol. The molecule has 0 aromatic rings. The zero-order chi connectivity index (χ0) is 9.57. The Morgan fingerprint density at radius 3 is 2.00 bits per heavy atom. The van der Waals surface area contributed by atoms with Crippen molar-refractivity contribution < 1.29 is 4.79 Å². The van der Waals surface area contributed by atoms with Crippen LogP contribution in [-0.2, 0) is 4.79 Å². The van der Waals surface area contributed by atoms with E-state index in [1.165, 1.54) is 5.57 Å².